The summed E-state index contributed by atoms with van der Waals surface area (Å²) in [6, 6.07) is 8.05. The first kappa shape index (κ1) is 21.0. The number of para-hydroxylation sites is 1. The normalized spacial score (nSPS) is 20.4. The van der Waals surface area contributed by atoms with Crippen LogP contribution in [0.3, 0.4) is 0 Å². The third-order valence-electron chi connectivity index (χ3n) is 3.96. The second kappa shape index (κ2) is 10.8. The summed E-state index contributed by atoms with van der Waals surface area (Å²) in [6.45, 7) is 9.92. The quantitative estimate of drug-likeness (QED) is 0.292. The Bertz CT molecular complexity index is 517. The average Bonchev–Trinajstić information content (AvgIpc) is 2.98. The Morgan fingerprint density at radius 3 is 2.79 bits per heavy atom. The molecule has 1 heterocycles. The van der Waals surface area contributed by atoms with E-state index in [1.54, 1.807) is 0 Å². The van der Waals surface area contributed by atoms with Gasteiger partial charge in [0.05, 0.1) is 18.7 Å². The van der Waals surface area contributed by atoms with Gasteiger partial charge in [0.25, 0.3) is 0 Å². The van der Waals surface area contributed by atoms with Crippen molar-refractivity contribution in [3.63, 3.8) is 0 Å². The van der Waals surface area contributed by atoms with Crippen molar-refractivity contribution < 1.29 is 9.47 Å². The summed E-state index contributed by atoms with van der Waals surface area (Å²) in [5, 5.41) is 6.57. The monoisotopic (exact) mass is 447 g/mol. The molecule has 136 valence electrons. The van der Waals surface area contributed by atoms with Crippen LogP contribution in [0.25, 0.3) is 0 Å². The molecule has 6 heteroatoms. The predicted molar refractivity (Wildman–Crippen MR) is 110 cm³/mol. The summed E-state index contributed by atoms with van der Waals surface area (Å²) in [5.74, 6) is 1.75. The summed E-state index contributed by atoms with van der Waals surface area (Å²) in [5.41, 5.74) is 1.04. The smallest absolute Gasteiger partial charge is 0.191 e. The van der Waals surface area contributed by atoms with E-state index in [4.69, 9.17) is 9.47 Å². The van der Waals surface area contributed by atoms with Crippen LogP contribution in [0.5, 0.6) is 5.75 Å². The van der Waals surface area contributed by atoms with Crippen LogP contribution >= 0.6 is 24.0 Å². The van der Waals surface area contributed by atoms with Gasteiger partial charge in [-0.05, 0) is 45.2 Å². The van der Waals surface area contributed by atoms with Gasteiger partial charge in [0.15, 0.2) is 5.96 Å². The van der Waals surface area contributed by atoms with E-state index in [9.17, 15) is 0 Å². The molecule has 1 aromatic rings. The number of halogens is 1. The largest absolute Gasteiger partial charge is 0.491 e. The second-order valence-corrected chi connectivity index (χ2v) is 6.14. The molecule has 0 saturated carbocycles. The Morgan fingerprint density at radius 2 is 2.12 bits per heavy atom. The number of benzene rings is 1. The van der Waals surface area contributed by atoms with Gasteiger partial charge in [-0.3, -0.25) is 4.99 Å². The number of rotatable bonds is 7. The van der Waals surface area contributed by atoms with Crippen molar-refractivity contribution in [2.24, 2.45) is 4.99 Å². The van der Waals surface area contributed by atoms with Crippen molar-refractivity contribution in [1.29, 1.82) is 0 Å². The minimum atomic E-state index is -0.111. The number of aryl methyl sites for hydroxylation is 1. The fourth-order valence-corrected chi connectivity index (χ4v) is 2.60. The number of hydrogen-bond acceptors (Lipinski definition) is 3. The van der Waals surface area contributed by atoms with E-state index in [2.05, 4.69) is 42.5 Å². The van der Waals surface area contributed by atoms with E-state index in [1.165, 1.54) is 0 Å². The minimum Gasteiger partial charge on any atom is -0.491 e. The minimum absolute atomic E-state index is 0. The number of nitrogens with one attached hydrogen (secondary N) is 2. The summed E-state index contributed by atoms with van der Waals surface area (Å²) < 4.78 is 11.6. The second-order valence-electron chi connectivity index (χ2n) is 6.14. The molecule has 1 saturated heterocycles. The Morgan fingerprint density at radius 1 is 1.33 bits per heavy atom. The Kier molecular flexibility index (Phi) is 9.43. The highest BCUT2D eigenvalue weighted by Crippen LogP contribution is 2.24. The number of guanidine groups is 1. The van der Waals surface area contributed by atoms with Crippen molar-refractivity contribution in [3.05, 3.63) is 29.8 Å². The maximum atomic E-state index is 5.79. The third kappa shape index (κ3) is 6.84. The van der Waals surface area contributed by atoms with Crippen molar-refractivity contribution in [1.82, 2.24) is 10.6 Å². The van der Waals surface area contributed by atoms with Crippen molar-refractivity contribution in [3.8, 4) is 5.75 Å². The zero-order chi connectivity index (χ0) is 16.5. The summed E-state index contributed by atoms with van der Waals surface area (Å²) in [6.07, 6.45) is 2.20. The van der Waals surface area contributed by atoms with Crippen LogP contribution in [-0.4, -0.2) is 44.4 Å². The van der Waals surface area contributed by atoms with Crippen LogP contribution in [0, 0.1) is 6.92 Å². The van der Waals surface area contributed by atoms with E-state index in [0.717, 1.165) is 43.3 Å². The number of aliphatic imine (C=N–C) groups is 1. The lowest BCUT2D eigenvalue weighted by molar-refractivity contribution is 0.0283. The molecule has 5 nitrogen and oxygen atoms in total. The van der Waals surface area contributed by atoms with E-state index in [0.29, 0.717) is 19.7 Å². The van der Waals surface area contributed by atoms with Gasteiger partial charge in [-0.15, -0.1) is 24.0 Å². The molecule has 1 unspecified atom stereocenters. The summed E-state index contributed by atoms with van der Waals surface area (Å²) in [4.78, 5) is 4.64. The maximum Gasteiger partial charge on any atom is 0.191 e. The molecule has 24 heavy (non-hydrogen) atoms. The van der Waals surface area contributed by atoms with Gasteiger partial charge >= 0.3 is 0 Å². The van der Waals surface area contributed by atoms with Crippen LogP contribution in [0.4, 0.5) is 0 Å². The summed E-state index contributed by atoms with van der Waals surface area (Å²) in [7, 11) is 0. The van der Waals surface area contributed by atoms with E-state index >= 15 is 0 Å². The molecule has 1 fully saturated rings. The van der Waals surface area contributed by atoms with Crippen LogP contribution in [0.1, 0.15) is 32.3 Å². The molecule has 0 spiro atoms. The molecule has 1 aliphatic rings. The van der Waals surface area contributed by atoms with E-state index in [-0.39, 0.29) is 29.6 Å². The number of hydrogen-bond donors (Lipinski definition) is 2. The van der Waals surface area contributed by atoms with Crippen molar-refractivity contribution in [2.45, 2.75) is 39.2 Å². The third-order valence-corrected chi connectivity index (χ3v) is 3.96. The highest BCUT2D eigenvalue weighted by atomic mass is 127. The summed E-state index contributed by atoms with van der Waals surface area (Å²) >= 11 is 0. The molecule has 1 atom stereocenters. The van der Waals surface area contributed by atoms with Gasteiger partial charge in [-0.1, -0.05) is 18.2 Å². The van der Waals surface area contributed by atoms with Crippen LogP contribution in [0.15, 0.2) is 29.3 Å². The molecular formula is C18H30IN3O2. The zero-order valence-corrected chi connectivity index (χ0v) is 17.3. The Labute approximate surface area is 162 Å². The molecule has 1 aromatic carbocycles. The van der Waals surface area contributed by atoms with Crippen LogP contribution in [0.2, 0.25) is 0 Å². The lowest BCUT2D eigenvalue weighted by Gasteiger charge is -2.21. The first-order valence-corrected chi connectivity index (χ1v) is 8.47. The molecular weight excluding hydrogens is 417 g/mol. The van der Waals surface area contributed by atoms with Crippen molar-refractivity contribution in [2.75, 3.05) is 32.8 Å². The SMILES string of the molecule is CCNC(=NCC1(C)CCCO1)NCCOc1ccccc1C.I. The molecule has 0 amide bonds. The molecule has 2 N–H and O–H groups in total. The first-order valence-electron chi connectivity index (χ1n) is 8.47. The fourth-order valence-electron chi connectivity index (χ4n) is 2.60. The average molecular weight is 447 g/mol. The number of ether oxygens (including phenoxy) is 2. The van der Waals surface area contributed by atoms with E-state index < -0.39 is 0 Å². The topological polar surface area (TPSA) is 54.9 Å². The van der Waals surface area contributed by atoms with Crippen molar-refractivity contribution >= 4 is 29.9 Å². The highest BCUT2D eigenvalue weighted by Gasteiger charge is 2.29. The molecule has 1 aliphatic heterocycles. The van der Waals surface area contributed by atoms with Gasteiger partial charge in [-0.2, -0.15) is 0 Å². The predicted octanol–water partition coefficient (Wildman–Crippen LogP) is 3.12. The first-order chi connectivity index (χ1) is 11.1. The molecule has 0 aromatic heterocycles. The molecule has 0 radical (unpaired) electrons. The highest BCUT2D eigenvalue weighted by molar-refractivity contribution is 14.0. The zero-order valence-electron chi connectivity index (χ0n) is 14.9. The van der Waals surface area contributed by atoms with Crippen LogP contribution < -0.4 is 15.4 Å². The van der Waals surface area contributed by atoms with Gasteiger partial charge in [0.1, 0.15) is 12.4 Å². The van der Waals surface area contributed by atoms with Gasteiger partial charge in [-0.25, -0.2) is 0 Å². The van der Waals surface area contributed by atoms with Gasteiger partial charge < -0.3 is 20.1 Å². The van der Waals surface area contributed by atoms with Gasteiger partial charge in [0, 0.05) is 13.2 Å². The molecule has 2 rings (SSSR count). The molecule has 0 aliphatic carbocycles. The Balaban J connectivity index is 0.00000288. The standard InChI is InChI=1S/C18H29N3O2.HI/c1-4-19-17(21-14-18(3)10-7-12-23-18)20-11-13-22-16-9-6-5-8-15(16)2;/h5-6,8-9H,4,7,10-14H2,1-3H3,(H2,19,20,21);1H. The van der Waals surface area contributed by atoms with Gasteiger partial charge in [0.2, 0.25) is 0 Å². The van der Waals surface area contributed by atoms with E-state index in [1.807, 2.05) is 18.2 Å². The van der Waals surface area contributed by atoms with Crippen LogP contribution in [-0.2, 0) is 4.74 Å². The lowest BCUT2D eigenvalue weighted by Crippen LogP contribution is -2.40. The maximum absolute atomic E-state index is 5.79. The molecule has 0 bridgehead atoms. The lowest BCUT2D eigenvalue weighted by atomic mass is 10.0. The number of nitrogens with zero attached hydrogens (tertiary/aromatic N) is 1. The Hall–Kier alpha value is -1.02. The fraction of sp³-hybridized carbons (Fsp3) is 0.611.